The fourth-order valence-corrected chi connectivity index (χ4v) is 4.84. The van der Waals surface area contributed by atoms with Crippen LogP contribution in [0.15, 0.2) is 48.5 Å². The molecular formula is C23H29FN2OS. The molecule has 0 bridgehead atoms. The Morgan fingerprint density at radius 3 is 2.50 bits per heavy atom. The summed E-state index contributed by atoms with van der Waals surface area (Å²) in [5.74, 6) is 1.30. The Bertz CT molecular complexity index is 776. The first-order valence-electron chi connectivity index (χ1n) is 9.87. The van der Waals surface area contributed by atoms with Crippen LogP contribution in [-0.2, 0) is 11.3 Å². The molecule has 0 aliphatic carbocycles. The fraction of sp³-hybridized carbons (Fsp3) is 0.435. The van der Waals surface area contributed by atoms with Crippen molar-refractivity contribution in [2.45, 2.75) is 32.7 Å². The minimum atomic E-state index is -0.245. The van der Waals surface area contributed by atoms with Crippen LogP contribution in [0.1, 0.15) is 35.9 Å². The van der Waals surface area contributed by atoms with Crippen molar-refractivity contribution in [2.24, 2.45) is 5.92 Å². The van der Waals surface area contributed by atoms with Crippen LogP contribution in [-0.4, -0.2) is 41.1 Å². The monoisotopic (exact) mass is 400 g/mol. The average molecular weight is 401 g/mol. The molecule has 1 aliphatic heterocycles. The van der Waals surface area contributed by atoms with Gasteiger partial charge in [0.05, 0.1) is 6.54 Å². The summed E-state index contributed by atoms with van der Waals surface area (Å²) in [6, 6.07) is 15.0. The van der Waals surface area contributed by atoms with Crippen LogP contribution in [0.3, 0.4) is 0 Å². The van der Waals surface area contributed by atoms with Gasteiger partial charge in [-0.05, 0) is 36.1 Å². The molecule has 0 aromatic heterocycles. The lowest BCUT2D eigenvalue weighted by atomic mass is 10.1. The van der Waals surface area contributed by atoms with Crippen molar-refractivity contribution in [2.75, 3.05) is 25.4 Å². The van der Waals surface area contributed by atoms with E-state index in [-0.39, 0.29) is 17.1 Å². The van der Waals surface area contributed by atoms with Crippen molar-refractivity contribution in [3.63, 3.8) is 0 Å². The van der Waals surface area contributed by atoms with Gasteiger partial charge in [0.25, 0.3) is 0 Å². The van der Waals surface area contributed by atoms with Crippen molar-refractivity contribution in [3.8, 4) is 0 Å². The molecule has 1 atom stereocenters. The number of carbonyl (C=O) groups excluding carboxylic acids is 1. The van der Waals surface area contributed by atoms with Crippen molar-refractivity contribution in [1.82, 2.24) is 9.80 Å². The zero-order valence-electron chi connectivity index (χ0n) is 16.9. The Labute approximate surface area is 171 Å². The third kappa shape index (κ3) is 5.58. The van der Waals surface area contributed by atoms with Gasteiger partial charge in [-0.25, -0.2) is 4.39 Å². The van der Waals surface area contributed by atoms with Gasteiger partial charge in [0.1, 0.15) is 11.2 Å². The largest absolute Gasteiger partial charge is 0.325 e. The maximum absolute atomic E-state index is 13.3. The van der Waals surface area contributed by atoms with Gasteiger partial charge in [-0.1, -0.05) is 55.8 Å². The van der Waals surface area contributed by atoms with Crippen molar-refractivity contribution in [1.29, 1.82) is 0 Å². The molecule has 28 heavy (non-hydrogen) atoms. The predicted molar refractivity (Wildman–Crippen MR) is 115 cm³/mol. The molecule has 5 heteroatoms. The second kappa shape index (κ2) is 9.57. The highest BCUT2D eigenvalue weighted by molar-refractivity contribution is 7.99. The molecule has 2 aromatic rings. The van der Waals surface area contributed by atoms with Crippen LogP contribution in [0.4, 0.5) is 4.39 Å². The zero-order valence-corrected chi connectivity index (χ0v) is 17.7. The summed E-state index contributed by atoms with van der Waals surface area (Å²) in [4.78, 5) is 17.3. The van der Waals surface area contributed by atoms with E-state index in [4.69, 9.17) is 0 Å². The zero-order chi connectivity index (χ0) is 20.1. The molecule has 150 valence electrons. The summed E-state index contributed by atoms with van der Waals surface area (Å²) >= 11 is 1.75. The predicted octanol–water partition coefficient (Wildman–Crippen LogP) is 4.87. The van der Waals surface area contributed by atoms with Gasteiger partial charge in [-0.3, -0.25) is 9.69 Å². The lowest BCUT2D eigenvalue weighted by molar-refractivity contribution is -0.132. The molecule has 1 aliphatic rings. The Hall–Kier alpha value is -1.85. The molecule has 1 heterocycles. The summed E-state index contributed by atoms with van der Waals surface area (Å²) in [5, 5.41) is -0.0200. The summed E-state index contributed by atoms with van der Waals surface area (Å²) < 4.78 is 13.3. The highest BCUT2D eigenvalue weighted by Crippen LogP contribution is 2.38. The molecule has 1 amide bonds. The Morgan fingerprint density at radius 2 is 1.86 bits per heavy atom. The third-order valence-corrected chi connectivity index (χ3v) is 6.14. The first-order chi connectivity index (χ1) is 13.4. The number of hydrogen-bond donors (Lipinski definition) is 0. The van der Waals surface area contributed by atoms with Crippen LogP contribution in [0.25, 0.3) is 0 Å². The number of rotatable bonds is 7. The molecule has 0 spiro atoms. The maximum Gasteiger partial charge on any atom is 0.237 e. The van der Waals surface area contributed by atoms with Crippen LogP contribution in [0.2, 0.25) is 0 Å². The molecule has 2 aromatic carbocycles. The molecule has 1 fully saturated rings. The van der Waals surface area contributed by atoms with Crippen LogP contribution in [0, 0.1) is 18.7 Å². The van der Waals surface area contributed by atoms with Crippen molar-refractivity contribution >= 4 is 17.7 Å². The maximum atomic E-state index is 13.3. The van der Waals surface area contributed by atoms with E-state index in [0.717, 1.165) is 31.0 Å². The summed E-state index contributed by atoms with van der Waals surface area (Å²) in [5.41, 5.74) is 3.46. The normalized spacial score (nSPS) is 16.9. The highest BCUT2D eigenvalue weighted by atomic mass is 32.2. The molecule has 1 saturated heterocycles. The number of hydrogen-bond acceptors (Lipinski definition) is 3. The van der Waals surface area contributed by atoms with Crippen molar-refractivity contribution in [3.05, 3.63) is 71.0 Å². The van der Waals surface area contributed by atoms with E-state index in [9.17, 15) is 9.18 Å². The summed E-state index contributed by atoms with van der Waals surface area (Å²) in [6.07, 6.45) is 0. The average Bonchev–Trinajstić information content (AvgIpc) is 3.13. The quantitative estimate of drug-likeness (QED) is 0.663. The summed E-state index contributed by atoms with van der Waals surface area (Å²) in [7, 11) is 0. The van der Waals surface area contributed by atoms with Gasteiger partial charge in [0.2, 0.25) is 5.91 Å². The van der Waals surface area contributed by atoms with E-state index in [0.29, 0.717) is 12.5 Å². The van der Waals surface area contributed by atoms with Gasteiger partial charge in [-0.15, -0.1) is 11.8 Å². The number of benzene rings is 2. The van der Waals surface area contributed by atoms with Crippen LogP contribution >= 0.6 is 11.8 Å². The van der Waals surface area contributed by atoms with Crippen LogP contribution < -0.4 is 0 Å². The number of thioether (sulfide) groups is 1. The Morgan fingerprint density at radius 1 is 1.18 bits per heavy atom. The lowest BCUT2D eigenvalue weighted by Crippen LogP contribution is -2.41. The van der Waals surface area contributed by atoms with Gasteiger partial charge in [0.15, 0.2) is 0 Å². The molecule has 0 radical (unpaired) electrons. The molecule has 0 saturated carbocycles. The second-order valence-electron chi connectivity index (χ2n) is 7.91. The second-order valence-corrected chi connectivity index (χ2v) is 9.10. The van der Waals surface area contributed by atoms with E-state index < -0.39 is 0 Å². The topological polar surface area (TPSA) is 23.6 Å². The molecule has 3 rings (SSSR count). The van der Waals surface area contributed by atoms with E-state index in [1.807, 2.05) is 4.90 Å². The molecule has 0 unspecified atom stereocenters. The highest BCUT2D eigenvalue weighted by Gasteiger charge is 2.31. The number of nitrogens with zero attached hydrogens (tertiary/aromatic N) is 2. The number of carbonyl (C=O) groups is 1. The van der Waals surface area contributed by atoms with E-state index >= 15 is 0 Å². The lowest BCUT2D eigenvalue weighted by Gasteiger charge is -2.29. The van der Waals surface area contributed by atoms with Gasteiger partial charge in [-0.2, -0.15) is 0 Å². The molecule has 0 N–H and O–H groups in total. The van der Waals surface area contributed by atoms with E-state index in [1.54, 1.807) is 23.9 Å². The van der Waals surface area contributed by atoms with Crippen molar-refractivity contribution < 1.29 is 9.18 Å². The van der Waals surface area contributed by atoms with E-state index in [1.165, 1.54) is 23.3 Å². The third-order valence-electron chi connectivity index (χ3n) is 4.88. The van der Waals surface area contributed by atoms with Gasteiger partial charge < -0.3 is 4.90 Å². The molecule has 3 nitrogen and oxygen atoms in total. The molecular weight excluding hydrogens is 371 g/mol. The van der Waals surface area contributed by atoms with Gasteiger partial charge in [0, 0.05) is 25.4 Å². The minimum Gasteiger partial charge on any atom is -0.325 e. The van der Waals surface area contributed by atoms with Crippen LogP contribution in [0.5, 0.6) is 0 Å². The SMILES string of the molecule is Cc1ccc(CN(CC(=O)N2CCS[C@@H]2c2ccc(F)cc2)CC(C)C)cc1. The number of aryl methyl sites for hydroxylation is 1. The minimum absolute atomic E-state index is 0.0200. The number of amides is 1. The Kier molecular flexibility index (Phi) is 7.13. The smallest absolute Gasteiger partial charge is 0.237 e. The first kappa shape index (κ1) is 20.9. The van der Waals surface area contributed by atoms with Gasteiger partial charge >= 0.3 is 0 Å². The first-order valence-corrected chi connectivity index (χ1v) is 10.9. The van der Waals surface area contributed by atoms with E-state index in [2.05, 4.69) is 49.9 Å². The summed E-state index contributed by atoms with van der Waals surface area (Å²) in [6.45, 7) is 9.24. The number of halogens is 1. The standard InChI is InChI=1S/C23H29FN2OS/c1-17(2)14-25(15-19-6-4-18(3)5-7-19)16-22(27)26-12-13-28-23(26)20-8-10-21(24)11-9-20/h4-11,17,23H,12-16H2,1-3H3/t23-/m1/s1. The Balaban J connectivity index is 1.69. The fourth-order valence-electron chi connectivity index (χ4n) is 3.56.